The van der Waals surface area contributed by atoms with Crippen molar-refractivity contribution in [2.45, 2.75) is 20.0 Å². The summed E-state index contributed by atoms with van der Waals surface area (Å²) in [7, 11) is 1.48. The Labute approximate surface area is 105 Å². The van der Waals surface area contributed by atoms with Crippen LogP contribution in [0.2, 0.25) is 5.02 Å². The van der Waals surface area contributed by atoms with E-state index in [4.69, 9.17) is 26.2 Å². The molecule has 0 amide bonds. The van der Waals surface area contributed by atoms with E-state index in [1.807, 2.05) is 0 Å². The van der Waals surface area contributed by atoms with E-state index in [2.05, 4.69) is 0 Å². The lowest BCUT2D eigenvalue weighted by molar-refractivity contribution is -0.147. The van der Waals surface area contributed by atoms with Crippen LogP contribution in [0.5, 0.6) is 11.5 Å². The zero-order valence-electron chi connectivity index (χ0n) is 9.94. The molecule has 1 atom stereocenters. The Morgan fingerprint density at radius 3 is 2.47 bits per heavy atom. The highest BCUT2D eigenvalue weighted by molar-refractivity contribution is 6.30. The zero-order chi connectivity index (χ0) is 13.0. The first kappa shape index (κ1) is 13.6. The fourth-order valence-corrected chi connectivity index (χ4v) is 1.51. The molecule has 0 saturated heterocycles. The molecule has 0 fully saturated rings. The van der Waals surface area contributed by atoms with Crippen LogP contribution < -0.4 is 9.47 Å². The van der Waals surface area contributed by atoms with E-state index >= 15 is 0 Å². The third kappa shape index (κ3) is 3.53. The van der Waals surface area contributed by atoms with Crippen LogP contribution in [0.3, 0.4) is 0 Å². The SMILES string of the molecule is COc1cc(Cl)ccc1OC(C(=O)O)C(C)C. The van der Waals surface area contributed by atoms with Crippen LogP contribution in [0.25, 0.3) is 0 Å². The summed E-state index contributed by atoms with van der Waals surface area (Å²) in [5, 5.41) is 9.54. The van der Waals surface area contributed by atoms with Crippen molar-refractivity contribution in [3.05, 3.63) is 23.2 Å². The van der Waals surface area contributed by atoms with Crippen molar-refractivity contribution in [3.63, 3.8) is 0 Å². The van der Waals surface area contributed by atoms with E-state index in [-0.39, 0.29) is 5.92 Å². The average Bonchev–Trinajstić information content (AvgIpc) is 2.26. The fourth-order valence-electron chi connectivity index (χ4n) is 1.35. The molecule has 17 heavy (non-hydrogen) atoms. The molecule has 0 aliphatic heterocycles. The van der Waals surface area contributed by atoms with Gasteiger partial charge in [0.1, 0.15) is 0 Å². The summed E-state index contributed by atoms with van der Waals surface area (Å²) in [4.78, 5) is 11.0. The van der Waals surface area contributed by atoms with Crippen molar-refractivity contribution in [1.82, 2.24) is 0 Å². The first-order chi connectivity index (χ1) is 7.95. The number of hydrogen-bond donors (Lipinski definition) is 1. The summed E-state index contributed by atoms with van der Waals surface area (Å²) >= 11 is 5.81. The summed E-state index contributed by atoms with van der Waals surface area (Å²) in [6.45, 7) is 3.56. The highest BCUT2D eigenvalue weighted by Crippen LogP contribution is 2.31. The summed E-state index contributed by atoms with van der Waals surface area (Å²) in [5.41, 5.74) is 0. The third-order valence-corrected chi connectivity index (χ3v) is 2.46. The number of methoxy groups -OCH3 is 1. The summed E-state index contributed by atoms with van der Waals surface area (Å²) in [5.74, 6) is -0.354. The summed E-state index contributed by atoms with van der Waals surface area (Å²) in [6, 6.07) is 4.80. The molecule has 1 aromatic carbocycles. The Morgan fingerprint density at radius 1 is 1.35 bits per heavy atom. The molecule has 94 valence electrons. The molecule has 0 aliphatic rings. The van der Waals surface area contributed by atoms with E-state index in [0.717, 1.165) is 0 Å². The molecular formula is C12H15ClO4. The lowest BCUT2D eigenvalue weighted by atomic mass is 10.1. The fraction of sp³-hybridized carbons (Fsp3) is 0.417. The number of halogens is 1. The van der Waals surface area contributed by atoms with Crippen molar-refractivity contribution in [1.29, 1.82) is 0 Å². The number of rotatable bonds is 5. The summed E-state index contributed by atoms with van der Waals surface area (Å²) in [6.07, 6.45) is -0.912. The monoisotopic (exact) mass is 258 g/mol. The number of aliphatic carboxylic acids is 1. The van der Waals surface area contributed by atoms with Gasteiger partial charge >= 0.3 is 5.97 Å². The Kier molecular flexibility index (Phi) is 4.63. The predicted octanol–water partition coefficient (Wildman–Crippen LogP) is 2.84. The highest BCUT2D eigenvalue weighted by Gasteiger charge is 2.24. The topological polar surface area (TPSA) is 55.8 Å². The van der Waals surface area contributed by atoms with Gasteiger partial charge in [-0.3, -0.25) is 0 Å². The molecule has 4 nitrogen and oxygen atoms in total. The molecule has 0 aromatic heterocycles. The minimum absolute atomic E-state index is 0.145. The summed E-state index contributed by atoms with van der Waals surface area (Å²) < 4.78 is 10.5. The number of benzene rings is 1. The predicted molar refractivity (Wildman–Crippen MR) is 64.9 cm³/mol. The minimum atomic E-state index is -1.00. The van der Waals surface area contributed by atoms with E-state index < -0.39 is 12.1 Å². The van der Waals surface area contributed by atoms with Crippen molar-refractivity contribution >= 4 is 17.6 Å². The van der Waals surface area contributed by atoms with Crippen LogP contribution >= 0.6 is 11.6 Å². The van der Waals surface area contributed by atoms with Crippen LogP contribution in [0.1, 0.15) is 13.8 Å². The molecule has 0 saturated carbocycles. The van der Waals surface area contributed by atoms with Gasteiger partial charge in [0.2, 0.25) is 0 Å². The molecule has 1 N–H and O–H groups in total. The van der Waals surface area contributed by atoms with Gasteiger partial charge in [-0.15, -0.1) is 0 Å². The Morgan fingerprint density at radius 2 is 2.00 bits per heavy atom. The molecule has 0 heterocycles. The van der Waals surface area contributed by atoms with Crippen LogP contribution in [0, 0.1) is 5.92 Å². The maximum atomic E-state index is 11.0. The first-order valence-corrected chi connectivity index (χ1v) is 5.56. The van der Waals surface area contributed by atoms with Gasteiger partial charge in [0.15, 0.2) is 17.6 Å². The number of carboxylic acid groups (broad SMARTS) is 1. The minimum Gasteiger partial charge on any atom is -0.493 e. The van der Waals surface area contributed by atoms with Crippen LogP contribution in [0.4, 0.5) is 0 Å². The molecule has 1 unspecified atom stereocenters. The second kappa shape index (κ2) is 5.77. The standard InChI is InChI=1S/C12H15ClO4/c1-7(2)11(12(14)15)17-9-5-4-8(13)6-10(9)16-3/h4-7,11H,1-3H3,(H,14,15). The normalized spacial score (nSPS) is 12.3. The average molecular weight is 259 g/mol. The largest absolute Gasteiger partial charge is 0.493 e. The first-order valence-electron chi connectivity index (χ1n) is 5.18. The zero-order valence-corrected chi connectivity index (χ0v) is 10.7. The van der Waals surface area contributed by atoms with Crippen molar-refractivity contribution in [3.8, 4) is 11.5 Å². The Hall–Kier alpha value is -1.42. The molecule has 5 heteroatoms. The van der Waals surface area contributed by atoms with Gasteiger partial charge in [0.25, 0.3) is 0 Å². The highest BCUT2D eigenvalue weighted by atomic mass is 35.5. The van der Waals surface area contributed by atoms with Gasteiger partial charge in [0, 0.05) is 17.0 Å². The molecule has 1 rings (SSSR count). The number of hydrogen-bond acceptors (Lipinski definition) is 3. The van der Waals surface area contributed by atoms with Gasteiger partial charge in [-0.05, 0) is 12.1 Å². The molecule has 1 aromatic rings. The van der Waals surface area contributed by atoms with Crippen LogP contribution in [0.15, 0.2) is 18.2 Å². The molecule has 0 radical (unpaired) electrons. The lowest BCUT2D eigenvalue weighted by Gasteiger charge is -2.19. The Bertz CT molecular complexity index is 403. The van der Waals surface area contributed by atoms with E-state index in [0.29, 0.717) is 16.5 Å². The van der Waals surface area contributed by atoms with Gasteiger partial charge in [-0.2, -0.15) is 0 Å². The second-order valence-electron chi connectivity index (χ2n) is 3.92. The molecular weight excluding hydrogens is 244 g/mol. The van der Waals surface area contributed by atoms with Crippen LogP contribution in [-0.4, -0.2) is 24.3 Å². The van der Waals surface area contributed by atoms with Gasteiger partial charge in [-0.25, -0.2) is 4.79 Å². The van der Waals surface area contributed by atoms with Crippen molar-refractivity contribution in [2.24, 2.45) is 5.92 Å². The van der Waals surface area contributed by atoms with E-state index in [1.165, 1.54) is 7.11 Å². The molecule has 0 spiro atoms. The van der Waals surface area contributed by atoms with Gasteiger partial charge in [0.05, 0.1) is 7.11 Å². The van der Waals surface area contributed by atoms with Gasteiger partial charge < -0.3 is 14.6 Å². The van der Waals surface area contributed by atoms with Crippen molar-refractivity contribution in [2.75, 3.05) is 7.11 Å². The maximum Gasteiger partial charge on any atom is 0.345 e. The third-order valence-electron chi connectivity index (χ3n) is 2.23. The van der Waals surface area contributed by atoms with Crippen molar-refractivity contribution < 1.29 is 19.4 Å². The lowest BCUT2D eigenvalue weighted by Crippen LogP contribution is -2.32. The second-order valence-corrected chi connectivity index (χ2v) is 4.35. The van der Waals surface area contributed by atoms with Crippen LogP contribution in [-0.2, 0) is 4.79 Å². The quantitative estimate of drug-likeness (QED) is 0.882. The molecule has 0 bridgehead atoms. The number of carbonyl (C=O) groups is 1. The number of carboxylic acids is 1. The van der Waals surface area contributed by atoms with Gasteiger partial charge in [-0.1, -0.05) is 25.4 Å². The maximum absolute atomic E-state index is 11.0. The number of ether oxygens (including phenoxy) is 2. The molecule has 0 aliphatic carbocycles. The smallest absolute Gasteiger partial charge is 0.345 e. The Balaban J connectivity index is 2.96. The van der Waals surface area contributed by atoms with E-state index in [9.17, 15) is 4.79 Å². The van der Waals surface area contributed by atoms with E-state index in [1.54, 1.807) is 32.0 Å².